The van der Waals surface area contributed by atoms with Crippen LogP contribution in [-0.4, -0.2) is 11.7 Å². The molecule has 1 heterocycles. The normalized spacial score (nSPS) is 20.9. The maximum Gasteiger partial charge on any atom is 0.167 e. The van der Waals surface area contributed by atoms with Crippen LogP contribution < -0.4 is 5.32 Å². The first-order valence-corrected chi connectivity index (χ1v) is 8.34. The van der Waals surface area contributed by atoms with E-state index in [1.165, 1.54) is 25.7 Å². The smallest absolute Gasteiger partial charge is 0.167 e. The highest BCUT2D eigenvalue weighted by Crippen LogP contribution is 2.38. The minimum atomic E-state index is 0.513. The van der Waals surface area contributed by atoms with Gasteiger partial charge in [-0.05, 0) is 37.1 Å². The average Bonchev–Trinajstić information content (AvgIpc) is 2.96. The summed E-state index contributed by atoms with van der Waals surface area (Å²) in [6.45, 7) is 6.65. The Morgan fingerprint density at radius 2 is 2.09 bits per heavy atom. The van der Waals surface area contributed by atoms with Crippen molar-refractivity contribution in [2.45, 2.75) is 46.1 Å². The van der Waals surface area contributed by atoms with Crippen LogP contribution in [0.25, 0.3) is 11.3 Å². The monoisotopic (exact) mass is 298 g/mol. The largest absolute Gasteiger partial charge is 0.356 e. The minimum absolute atomic E-state index is 0.513. The van der Waals surface area contributed by atoms with Crippen LogP contribution in [0.2, 0.25) is 0 Å². The van der Waals surface area contributed by atoms with E-state index in [0.29, 0.717) is 5.41 Å². The summed E-state index contributed by atoms with van der Waals surface area (Å²) in [6.07, 6.45) is 5.41. The number of hydrogen-bond acceptors (Lipinski definition) is 3. The summed E-state index contributed by atoms with van der Waals surface area (Å²) in [5.41, 5.74) is 2.57. The molecule has 1 unspecified atom stereocenters. The van der Waals surface area contributed by atoms with Crippen molar-refractivity contribution in [3.63, 3.8) is 0 Å². The summed E-state index contributed by atoms with van der Waals surface area (Å²) in [7, 11) is 0. The summed E-state index contributed by atoms with van der Waals surface area (Å²) >= 11 is 0. The Bertz CT molecular complexity index is 588. The van der Waals surface area contributed by atoms with Gasteiger partial charge in [-0.2, -0.15) is 0 Å². The predicted molar refractivity (Wildman–Crippen MR) is 89.4 cm³/mol. The summed E-state index contributed by atoms with van der Waals surface area (Å²) in [6, 6.07) is 12.2. The van der Waals surface area contributed by atoms with Gasteiger partial charge in [-0.3, -0.25) is 0 Å². The van der Waals surface area contributed by atoms with E-state index in [9.17, 15) is 0 Å². The molecule has 1 saturated carbocycles. The third-order valence-electron chi connectivity index (χ3n) is 4.66. The molecule has 0 aliphatic heterocycles. The lowest BCUT2D eigenvalue weighted by Crippen LogP contribution is -2.30. The van der Waals surface area contributed by atoms with E-state index in [4.69, 9.17) is 4.52 Å². The predicted octanol–water partition coefficient (Wildman–Crippen LogP) is 4.65. The molecule has 0 saturated heterocycles. The molecule has 3 heteroatoms. The SMILES string of the molecule is CC1(C)CCCC(CNCc2cc(-c3ccccc3)on2)C1. The third-order valence-corrected chi connectivity index (χ3v) is 4.66. The molecule has 2 aromatic rings. The van der Waals surface area contributed by atoms with Crippen molar-refractivity contribution >= 4 is 0 Å². The molecule has 1 aromatic carbocycles. The van der Waals surface area contributed by atoms with Crippen LogP contribution in [0, 0.1) is 11.3 Å². The fraction of sp³-hybridized carbons (Fsp3) is 0.526. The summed E-state index contributed by atoms with van der Waals surface area (Å²) in [5.74, 6) is 1.64. The molecule has 1 aliphatic carbocycles. The zero-order chi connectivity index (χ0) is 15.4. The van der Waals surface area contributed by atoms with Crippen molar-refractivity contribution in [2.24, 2.45) is 11.3 Å². The fourth-order valence-electron chi connectivity index (χ4n) is 3.57. The van der Waals surface area contributed by atoms with Gasteiger partial charge in [0.25, 0.3) is 0 Å². The molecule has 3 nitrogen and oxygen atoms in total. The van der Waals surface area contributed by atoms with Crippen LogP contribution in [0.4, 0.5) is 0 Å². The fourth-order valence-corrected chi connectivity index (χ4v) is 3.57. The molecule has 1 atom stereocenters. The van der Waals surface area contributed by atoms with Crippen molar-refractivity contribution in [1.82, 2.24) is 10.5 Å². The number of hydrogen-bond donors (Lipinski definition) is 1. The van der Waals surface area contributed by atoms with Crippen LogP contribution >= 0.6 is 0 Å². The van der Waals surface area contributed by atoms with Gasteiger partial charge in [0.2, 0.25) is 0 Å². The van der Waals surface area contributed by atoms with Gasteiger partial charge < -0.3 is 9.84 Å². The number of benzene rings is 1. The first kappa shape index (κ1) is 15.3. The second kappa shape index (κ2) is 6.66. The Hall–Kier alpha value is -1.61. The Labute approximate surface area is 133 Å². The topological polar surface area (TPSA) is 38.1 Å². The van der Waals surface area contributed by atoms with Gasteiger partial charge in [0.05, 0.1) is 5.69 Å². The molecule has 1 aliphatic rings. The molecule has 118 valence electrons. The Kier molecular flexibility index (Phi) is 4.63. The minimum Gasteiger partial charge on any atom is -0.356 e. The molecule has 1 aromatic heterocycles. The second-order valence-electron chi connectivity index (χ2n) is 7.31. The average molecular weight is 298 g/mol. The lowest BCUT2D eigenvalue weighted by Gasteiger charge is -2.35. The Balaban J connectivity index is 1.49. The van der Waals surface area contributed by atoms with Gasteiger partial charge >= 0.3 is 0 Å². The standard InChI is InChI=1S/C19H26N2O/c1-19(2)10-6-7-15(12-19)13-20-14-17-11-18(22-21-17)16-8-4-3-5-9-16/h3-5,8-9,11,15,20H,6-7,10,12-14H2,1-2H3. The zero-order valence-corrected chi connectivity index (χ0v) is 13.6. The van der Waals surface area contributed by atoms with Gasteiger partial charge in [-0.1, -0.05) is 55.8 Å². The zero-order valence-electron chi connectivity index (χ0n) is 13.6. The van der Waals surface area contributed by atoms with Crippen LogP contribution in [0.1, 0.15) is 45.2 Å². The van der Waals surface area contributed by atoms with Crippen LogP contribution in [-0.2, 0) is 6.54 Å². The van der Waals surface area contributed by atoms with Crippen LogP contribution in [0.3, 0.4) is 0 Å². The molecule has 0 amide bonds. The highest BCUT2D eigenvalue weighted by Gasteiger charge is 2.27. The lowest BCUT2D eigenvalue weighted by atomic mass is 9.72. The van der Waals surface area contributed by atoms with Crippen molar-refractivity contribution in [3.05, 3.63) is 42.1 Å². The Morgan fingerprint density at radius 1 is 1.27 bits per heavy atom. The van der Waals surface area contributed by atoms with Crippen molar-refractivity contribution < 1.29 is 4.52 Å². The maximum absolute atomic E-state index is 5.44. The maximum atomic E-state index is 5.44. The molecule has 3 rings (SSSR count). The molecule has 1 N–H and O–H groups in total. The summed E-state index contributed by atoms with van der Waals surface area (Å²) < 4.78 is 5.44. The van der Waals surface area contributed by atoms with E-state index in [0.717, 1.165) is 36.0 Å². The quantitative estimate of drug-likeness (QED) is 0.873. The number of nitrogens with one attached hydrogen (secondary N) is 1. The summed E-state index contributed by atoms with van der Waals surface area (Å²) in [5, 5.41) is 7.72. The van der Waals surface area contributed by atoms with Crippen LogP contribution in [0.5, 0.6) is 0 Å². The van der Waals surface area contributed by atoms with Gasteiger partial charge in [0.15, 0.2) is 5.76 Å². The first-order valence-electron chi connectivity index (χ1n) is 8.34. The van der Waals surface area contributed by atoms with E-state index in [-0.39, 0.29) is 0 Å². The molecular formula is C19H26N2O. The molecule has 1 fully saturated rings. The van der Waals surface area contributed by atoms with Gasteiger partial charge in [0.1, 0.15) is 0 Å². The molecular weight excluding hydrogens is 272 g/mol. The van der Waals surface area contributed by atoms with Gasteiger partial charge in [-0.15, -0.1) is 0 Å². The lowest BCUT2D eigenvalue weighted by molar-refractivity contribution is 0.177. The number of nitrogens with zero attached hydrogens (tertiary/aromatic N) is 1. The van der Waals surface area contributed by atoms with Crippen molar-refractivity contribution in [2.75, 3.05) is 6.54 Å². The van der Waals surface area contributed by atoms with Crippen molar-refractivity contribution in [3.8, 4) is 11.3 Å². The number of aromatic nitrogens is 1. The highest BCUT2D eigenvalue weighted by atomic mass is 16.5. The number of rotatable bonds is 5. The van der Waals surface area contributed by atoms with Gasteiger partial charge in [0, 0.05) is 18.2 Å². The van der Waals surface area contributed by atoms with E-state index < -0.39 is 0 Å². The second-order valence-corrected chi connectivity index (χ2v) is 7.31. The van der Waals surface area contributed by atoms with Crippen LogP contribution in [0.15, 0.2) is 40.9 Å². The van der Waals surface area contributed by atoms with E-state index in [2.05, 4.69) is 24.3 Å². The molecule has 22 heavy (non-hydrogen) atoms. The van der Waals surface area contributed by atoms with Crippen molar-refractivity contribution in [1.29, 1.82) is 0 Å². The highest BCUT2D eigenvalue weighted by molar-refractivity contribution is 5.56. The Morgan fingerprint density at radius 3 is 2.86 bits per heavy atom. The third kappa shape index (κ3) is 3.98. The first-order chi connectivity index (χ1) is 10.6. The molecule has 0 bridgehead atoms. The van der Waals surface area contributed by atoms with Gasteiger partial charge in [-0.25, -0.2) is 0 Å². The molecule has 0 radical (unpaired) electrons. The summed E-state index contributed by atoms with van der Waals surface area (Å²) in [4.78, 5) is 0. The van der Waals surface area contributed by atoms with E-state index in [1.807, 2.05) is 36.4 Å². The molecule has 0 spiro atoms. The van der Waals surface area contributed by atoms with E-state index >= 15 is 0 Å². The van der Waals surface area contributed by atoms with E-state index in [1.54, 1.807) is 0 Å².